The van der Waals surface area contributed by atoms with E-state index in [1.54, 1.807) is 42.5 Å². The van der Waals surface area contributed by atoms with Crippen molar-refractivity contribution in [1.82, 2.24) is 4.98 Å². The van der Waals surface area contributed by atoms with E-state index in [-0.39, 0.29) is 29.7 Å². The minimum atomic E-state index is -0.524. The van der Waals surface area contributed by atoms with Gasteiger partial charge in [0.1, 0.15) is 24.5 Å². The second-order valence-electron chi connectivity index (χ2n) is 8.72. The Labute approximate surface area is 228 Å². The van der Waals surface area contributed by atoms with Gasteiger partial charge in [-0.25, -0.2) is 0 Å². The summed E-state index contributed by atoms with van der Waals surface area (Å²) in [6.45, 7) is 1.15. The molecule has 1 aromatic heterocycles. The first-order chi connectivity index (χ1) is 18.9. The van der Waals surface area contributed by atoms with Gasteiger partial charge in [0.2, 0.25) is 0 Å². The van der Waals surface area contributed by atoms with Crippen LogP contribution in [0.4, 0.5) is 17.1 Å². The number of ether oxygens (including phenoxy) is 3. The molecule has 0 radical (unpaired) electrons. The van der Waals surface area contributed by atoms with Crippen LogP contribution in [0.25, 0.3) is 10.9 Å². The van der Waals surface area contributed by atoms with E-state index in [1.165, 1.54) is 18.3 Å². The first kappa shape index (κ1) is 25.7. The molecule has 0 bridgehead atoms. The fourth-order valence-electron chi connectivity index (χ4n) is 4.13. The van der Waals surface area contributed by atoms with Crippen molar-refractivity contribution in [2.24, 2.45) is 0 Å². The predicted octanol–water partition coefficient (Wildman–Crippen LogP) is 6.03. The average Bonchev–Trinajstić information content (AvgIpc) is 3.46. The first-order valence-electron chi connectivity index (χ1n) is 11.9. The van der Waals surface area contributed by atoms with Crippen molar-refractivity contribution in [1.29, 1.82) is 10.5 Å². The molecule has 1 fully saturated rings. The zero-order valence-corrected chi connectivity index (χ0v) is 21.1. The number of rotatable bonds is 8. The van der Waals surface area contributed by atoms with Crippen LogP contribution >= 0.6 is 11.6 Å². The van der Waals surface area contributed by atoms with Gasteiger partial charge in [0, 0.05) is 35.8 Å². The largest absolute Gasteiger partial charge is 0.487 e. The Bertz CT molecular complexity index is 1640. The van der Waals surface area contributed by atoms with Crippen LogP contribution in [0.2, 0.25) is 5.02 Å². The van der Waals surface area contributed by atoms with E-state index in [4.69, 9.17) is 31.1 Å². The summed E-state index contributed by atoms with van der Waals surface area (Å²) in [6.07, 6.45) is 1.75. The average molecular weight is 542 g/mol. The van der Waals surface area contributed by atoms with Crippen molar-refractivity contribution in [2.75, 3.05) is 18.5 Å². The zero-order chi connectivity index (χ0) is 27.4. The van der Waals surface area contributed by atoms with Gasteiger partial charge < -0.3 is 19.5 Å². The van der Waals surface area contributed by atoms with Crippen molar-refractivity contribution >= 4 is 39.6 Å². The van der Waals surface area contributed by atoms with E-state index in [1.807, 2.05) is 0 Å². The van der Waals surface area contributed by atoms with Gasteiger partial charge in [-0.15, -0.1) is 0 Å². The maximum absolute atomic E-state index is 11.9. The Morgan fingerprint density at radius 3 is 2.62 bits per heavy atom. The minimum absolute atomic E-state index is 0.0953. The lowest BCUT2D eigenvalue weighted by Crippen LogP contribution is -2.16. The SMILES string of the molecule is N#Cc1ccc(COc2ccc(Nc3c(C#N)cnc4cc(OC5CCOC5)c([N+](=O)[O-])cc34)cc2Cl)cc1. The first-order valence-corrected chi connectivity index (χ1v) is 12.3. The molecule has 11 heteroatoms. The Kier molecular flexibility index (Phi) is 7.41. The van der Waals surface area contributed by atoms with Crippen LogP contribution in [0.5, 0.6) is 11.5 Å². The minimum Gasteiger partial charge on any atom is -0.487 e. The van der Waals surface area contributed by atoms with Gasteiger partial charge in [-0.3, -0.25) is 15.1 Å². The molecule has 0 aliphatic carbocycles. The Hall–Kier alpha value is -4.90. The summed E-state index contributed by atoms with van der Waals surface area (Å²) >= 11 is 6.47. The summed E-state index contributed by atoms with van der Waals surface area (Å²) in [7, 11) is 0. The molecule has 4 aromatic rings. The van der Waals surface area contributed by atoms with Crippen LogP contribution in [-0.2, 0) is 11.3 Å². The monoisotopic (exact) mass is 541 g/mol. The molecular weight excluding hydrogens is 522 g/mol. The number of nitrogens with one attached hydrogen (secondary N) is 1. The van der Waals surface area contributed by atoms with Crippen LogP contribution in [0.15, 0.2) is 60.8 Å². The van der Waals surface area contributed by atoms with Crippen LogP contribution < -0.4 is 14.8 Å². The Morgan fingerprint density at radius 1 is 1.13 bits per heavy atom. The fraction of sp³-hybridized carbons (Fsp3) is 0.179. The number of nitrogens with zero attached hydrogens (tertiary/aromatic N) is 4. The molecule has 1 aliphatic heterocycles. The van der Waals surface area contributed by atoms with Gasteiger partial charge >= 0.3 is 5.69 Å². The van der Waals surface area contributed by atoms with E-state index in [0.717, 1.165) is 5.56 Å². The molecule has 1 unspecified atom stereocenters. The summed E-state index contributed by atoms with van der Waals surface area (Å²) in [5, 5.41) is 34.4. The van der Waals surface area contributed by atoms with Gasteiger partial charge in [-0.05, 0) is 35.9 Å². The van der Waals surface area contributed by atoms with Crippen LogP contribution in [0.3, 0.4) is 0 Å². The Balaban J connectivity index is 1.42. The summed E-state index contributed by atoms with van der Waals surface area (Å²) in [5.74, 6) is 0.540. The predicted molar refractivity (Wildman–Crippen MR) is 143 cm³/mol. The Morgan fingerprint density at radius 2 is 1.95 bits per heavy atom. The summed E-state index contributed by atoms with van der Waals surface area (Å²) in [4.78, 5) is 15.7. The number of fused-ring (bicyclic) bond motifs is 1. The van der Waals surface area contributed by atoms with Crippen molar-refractivity contribution in [2.45, 2.75) is 19.1 Å². The number of anilines is 2. The van der Waals surface area contributed by atoms with Crippen molar-refractivity contribution in [3.63, 3.8) is 0 Å². The van der Waals surface area contributed by atoms with Gasteiger partial charge in [-0.2, -0.15) is 10.5 Å². The zero-order valence-electron chi connectivity index (χ0n) is 20.4. The number of nitro benzene ring substituents is 1. The number of hydrogen-bond donors (Lipinski definition) is 1. The fourth-order valence-corrected chi connectivity index (χ4v) is 4.36. The lowest BCUT2D eigenvalue weighted by Gasteiger charge is -2.16. The van der Waals surface area contributed by atoms with Crippen LogP contribution in [-0.4, -0.2) is 29.2 Å². The lowest BCUT2D eigenvalue weighted by atomic mass is 10.1. The summed E-state index contributed by atoms with van der Waals surface area (Å²) in [6, 6.07) is 19.1. The van der Waals surface area contributed by atoms with Gasteiger partial charge in [0.05, 0.1) is 51.6 Å². The normalized spacial score (nSPS) is 14.4. The molecular formula is C28H20ClN5O5. The molecule has 0 spiro atoms. The quantitative estimate of drug-likeness (QED) is 0.209. The van der Waals surface area contributed by atoms with Crippen LogP contribution in [0.1, 0.15) is 23.1 Å². The highest BCUT2D eigenvalue weighted by molar-refractivity contribution is 6.32. The maximum Gasteiger partial charge on any atom is 0.311 e. The number of halogens is 1. The van der Waals surface area contributed by atoms with E-state index < -0.39 is 4.92 Å². The van der Waals surface area contributed by atoms with E-state index in [2.05, 4.69) is 22.4 Å². The molecule has 194 valence electrons. The van der Waals surface area contributed by atoms with Crippen molar-refractivity contribution in [3.05, 3.63) is 92.6 Å². The van der Waals surface area contributed by atoms with Gasteiger partial charge in [-0.1, -0.05) is 23.7 Å². The second kappa shape index (κ2) is 11.2. The molecule has 1 saturated heterocycles. The summed E-state index contributed by atoms with van der Waals surface area (Å²) < 4.78 is 17.0. The van der Waals surface area contributed by atoms with Gasteiger partial charge in [0.25, 0.3) is 0 Å². The van der Waals surface area contributed by atoms with E-state index in [9.17, 15) is 15.4 Å². The molecule has 3 aromatic carbocycles. The molecule has 2 heterocycles. The van der Waals surface area contributed by atoms with Gasteiger partial charge in [0.15, 0.2) is 5.75 Å². The van der Waals surface area contributed by atoms with Crippen LogP contribution in [0, 0.1) is 32.8 Å². The highest BCUT2D eigenvalue weighted by Gasteiger charge is 2.25. The third kappa shape index (κ3) is 5.68. The molecule has 10 nitrogen and oxygen atoms in total. The molecule has 0 saturated carbocycles. The highest BCUT2D eigenvalue weighted by atomic mass is 35.5. The highest BCUT2D eigenvalue weighted by Crippen LogP contribution is 2.38. The number of aromatic nitrogens is 1. The van der Waals surface area contributed by atoms with E-state index >= 15 is 0 Å². The maximum atomic E-state index is 11.9. The summed E-state index contributed by atoms with van der Waals surface area (Å²) in [5.41, 5.74) is 2.71. The number of benzene rings is 3. The number of nitro groups is 1. The van der Waals surface area contributed by atoms with E-state index in [0.29, 0.717) is 58.2 Å². The third-order valence-electron chi connectivity index (χ3n) is 6.13. The number of hydrogen-bond acceptors (Lipinski definition) is 9. The third-order valence-corrected chi connectivity index (χ3v) is 6.42. The molecule has 1 N–H and O–H groups in total. The van der Waals surface area contributed by atoms with Crippen molar-refractivity contribution in [3.8, 4) is 23.6 Å². The molecule has 0 amide bonds. The standard InChI is InChI=1S/C28H20ClN5O5/c29-23-9-20(5-6-26(23)38-15-18-3-1-17(12-30)2-4-18)33-28-19(13-31)14-32-24-11-27(39-21-7-8-37-16-21)25(34(35)36)10-22(24)28/h1-6,9-11,14,21H,7-8,15-16H2,(H,32,33). The smallest absolute Gasteiger partial charge is 0.311 e. The lowest BCUT2D eigenvalue weighted by molar-refractivity contribution is -0.385. The molecule has 1 aliphatic rings. The molecule has 1 atom stereocenters. The van der Waals surface area contributed by atoms with Crippen molar-refractivity contribution < 1.29 is 19.1 Å². The molecule has 39 heavy (non-hydrogen) atoms. The number of nitriles is 2. The number of pyridine rings is 1. The molecule has 5 rings (SSSR count). The second-order valence-corrected chi connectivity index (χ2v) is 9.13. The topological polar surface area (TPSA) is 143 Å².